The second-order valence-electron chi connectivity index (χ2n) is 7.03. The van der Waals surface area contributed by atoms with Crippen LogP contribution in [0.15, 0.2) is 58.3 Å². The van der Waals surface area contributed by atoms with Gasteiger partial charge in [-0.05, 0) is 67.8 Å². The Hall–Kier alpha value is -2.80. The number of oxazole rings is 1. The number of amides is 1. The van der Waals surface area contributed by atoms with Crippen molar-refractivity contribution < 1.29 is 13.6 Å². The highest BCUT2D eigenvalue weighted by molar-refractivity contribution is 7.99. The first-order chi connectivity index (χ1) is 14.1. The lowest BCUT2D eigenvalue weighted by Gasteiger charge is -2.19. The molecule has 0 saturated carbocycles. The summed E-state index contributed by atoms with van der Waals surface area (Å²) in [6.45, 7) is 4.20. The van der Waals surface area contributed by atoms with Crippen LogP contribution < -0.4 is 10.2 Å². The predicted molar refractivity (Wildman–Crippen MR) is 114 cm³/mol. The first-order valence-corrected chi connectivity index (χ1v) is 10.6. The van der Waals surface area contributed by atoms with Crippen molar-refractivity contribution in [3.8, 4) is 11.3 Å². The Kier molecular flexibility index (Phi) is 5.85. The third kappa shape index (κ3) is 4.79. The molecule has 1 fully saturated rings. The number of anilines is 2. The topological polar surface area (TPSA) is 58.4 Å². The van der Waals surface area contributed by atoms with E-state index < -0.39 is 0 Å². The lowest BCUT2D eigenvalue weighted by molar-refractivity contribution is -0.113. The molecule has 7 heteroatoms. The highest BCUT2D eigenvalue weighted by atomic mass is 32.2. The summed E-state index contributed by atoms with van der Waals surface area (Å²) >= 11 is 1.22. The Bertz CT molecular complexity index is 998. The number of aryl methyl sites for hydroxylation is 1. The first-order valence-electron chi connectivity index (χ1n) is 9.58. The Morgan fingerprint density at radius 3 is 2.69 bits per heavy atom. The molecule has 1 aliphatic rings. The first kappa shape index (κ1) is 19.5. The van der Waals surface area contributed by atoms with Gasteiger partial charge in [-0.2, -0.15) is 0 Å². The van der Waals surface area contributed by atoms with Gasteiger partial charge in [-0.1, -0.05) is 11.8 Å². The van der Waals surface area contributed by atoms with Crippen LogP contribution in [-0.4, -0.2) is 29.7 Å². The minimum Gasteiger partial charge on any atom is -0.431 e. The molecule has 1 amide bonds. The molecule has 3 aromatic rings. The van der Waals surface area contributed by atoms with E-state index in [1.165, 1.54) is 42.4 Å². The van der Waals surface area contributed by atoms with Crippen molar-refractivity contribution in [1.29, 1.82) is 0 Å². The van der Waals surface area contributed by atoms with Gasteiger partial charge in [0.25, 0.3) is 5.22 Å². The molecular weight excluding hydrogens is 389 g/mol. The highest BCUT2D eigenvalue weighted by Gasteiger charge is 2.14. The van der Waals surface area contributed by atoms with E-state index >= 15 is 0 Å². The number of hydrogen-bond acceptors (Lipinski definition) is 5. The Labute approximate surface area is 173 Å². The maximum atomic E-state index is 13.0. The molecule has 0 atom stereocenters. The van der Waals surface area contributed by atoms with Gasteiger partial charge in [0, 0.05) is 30.0 Å². The van der Waals surface area contributed by atoms with Crippen LogP contribution in [0.1, 0.15) is 18.4 Å². The summed E-state index contributed by atoms with van der Waals surface area (Å²) in [7, 11) is 0. The van der Waals surface area contributed by atoms with Gasteiger partial charge in [0.05, 0.1) is 11.9 Å². The summed E-state index contributed by atoms with van der Waals surface area (Å²) in [4.78, 5) is 18.9. The summed E-state index contributed by atoms with van der Waals surface area (Å²) in [5.41, 5.74) is 3.81. The van der Waals surface area contributed by atoms with Crippen molar-refractivity contribution in [1.82, 2.24) is 4.98 Å². The van der Waals surface area contributed by atoms with Crippen LogP contribution >= 0.6 is 11.8 Å². The van der Waals surface area contributed by atoms with E-state index in [-0.39, 0.29) is 17.5 Å². The number of hydrogen-bond donors (Lipinski definition) is 1. The van der Waals surface area contributed by atoms with Crippen LogP contribution in [0.2, 0.25) is 0 Å². The van der Waals surface area contributed by atoms with Gasteiger partial charge in [0.15, 0.2) is 5.76 Å². The Balaban J connectivity index is 1.33. The zero-order valence-electron chi connectivity index (χ0n) is 16.2. The van der Waals surface area contributed by atoms with E-state index in [4.69, 9.17) is 4.42 Å². The highest BCUT2D eigenvalue weighted by Crippen LogP contribution is 2.27. The minimum atomic E-state index is -0.303. The molecule has 1 aliphatic heterocycles. The van der Waals surface area contributed by atoms with Gasteiger partial charge in [0.2, 0.25) is 5.91 Å². The monoisotopic (exact) mass is 411 g/mol. The largest absolute Gasteiger partial charge is 0.431 e. The third-order valence-corrected chi connectivity index (χ3v) is 5.74. The maximum absolute atomic E-state index is 13.0. The van der Waals surface area contributed by atoms with Gasteiger partial charge < -0.3 is 14.6 Å². The van der Waals surface area contributed by atoms with Crippen molar-refractivity contribution in [2.24, 2.45) is 0 Å². The number of carbonyl (C=O) groups excluding carboxylic acids is 1. The molecule has 2 aromatic carbocycles. The standard InChI is InChI=1S/C22H22FN3O2S/c1-15-12-18(26-10-2-3-11-26)8-9-19(15)25-21(27)14-29-22-24-13-20(28-22)16-4-6-17(23)7-5-16/h4-9,12-13H,2-3,10-11,14H2,1H3,(H,25,27). The average Bonchev–Trinajstić information content (AvgIpc) is 3.41. The second-order valence-corrected chi connectivity index (χ2v) is 7.95. The van der Waals surface area contributed by atoms with Gasteiger partial charge in [0.1, 0.15) is 5.82 Å². The average molecular weight is 412 g/mol. The zero-order valence-corrected chi connectivity index (χ0v) is 17.0. The van der Waals surface area contributed by atoms with Crippen LogP contribution in [0.4, 0.5) is 15.8 Å². The summed E-state index contributed by atoms with van der Waals surface area (Å²) in [5, 5.41) is 3.36. The van der Waals surface area contributed by atoms with Gasteiger partial charge in [-0.25, -0.2) is 9.37 Å². The molecule has 5 nitrogen and oxygen atoms in total. The molecule has 4 rings (SSSR count). The molecule has 1 saturated heterocycles. The molecule has 0 spiro atoms. The van der Waals surface area contributed by atoms with Crippen LogP contribution in [0, 0.1) is 12.7 Å². The quantitative estimate of drug-likeness (QED) is 0.571. The van der Waals surface area contributed by atoms with Crippen LogP contribution in [0.25, 0.3) is 11.3 Å². The van der Waals surface area contributed by atoms with Crippen LogP contribution in [0.5, 0.6) is 0 Å². The number of nitrogens with zero attached hydrogens (tertiary/aromatic N) is 2. The van der Waals surface area contributed by atoms with E-state index in [0.717, 1.165) is 29.9 Å². The fourth-order valence-corrected chi connectivity index (χ4v) is 3.95. The number of thioether (sulfide) groups is 1. The molecule has 1 N–H and O–H groups in total. The molecule has 0 bridgehead atoms. The molecule has 29 heavy (non-hydrogen) atoms. The smallest absolute Gasteiger partial charge is 0.256 e. The Morgan fingerprint density at radius 1 is 1.21 bits per heavy atom. The number of aromatic nitrogens is 1. The lowest BCUT2D eigenvalue weighted by atomic mass is 10.1. The molecule has 0 unspecified atom stereocenters. The number of nitrogens with one attached hydrogen (secondary N) is 1. The summed E-state index contributed by atoms with van der Waals surface area (Å²) < 4.78 is 18.7. The van der Waals surface area contributed by atoms with Crippen molar-refractivity contribution in [2.45, 2.75) is 25.0 Å². The summed E-state index contributed by atoms with van der Waals surface area (Å²) in [5.74, 6) is 0.314. The second kappa shape index (κ2) is 8.69. The van der Waals surface area contributed by atoms with Crippen molar-refractivity contribution in [3.63, 3.8) is 0 Å². The molecule has 0 aliphatic carbocycles. The van der Waals surface area contributed by atoms with E-state index in [2.05, 4.69) is 27.3 Å². The Morgan fingerprint density at radius 2 is 1.97 bits per heavy atom. The zero-order chi connectivity index (χ0) is 20.2. The summed E-state index contributed by atoms with van der Waals surface area (Å²) in [6, 6.07) is 12.1. The lowest BCUT2D eigenvalue weighted by Crippen LogP contribution is -2.18. The fraction of sp³-hybridized carbons (Fsp3) is 0.273. The maximum Gasteiger partial charge on any atom is 0.256 e. The predicted octanol–water partition coefficient (Wildman–Crippen LogP) is 5.12. The normalized spacial score (nSPS) is 13.7. The van der Waals surface area contributed by atoms with Crippen molar-refractivity contribution in [3.05, 3.63) is 60.0 Å². The summed E-state index contributed by atoms with van der Waals surface area (Å²) in [6.07, 6.45) is 4.05. The van der Waals surface area contributed by atoms with Crippen LogP contribution in [-0.2, 0) is 4.79 Å². The van der Waals surface area contributed by atoms with Crippen LogP contribution in [0.3, 0.4) is 0 Å². The number of carbonyl (C=O) groups is 1. The molecule has 1 aromatic heterocycles. The van der Waals surface area contributed by atoms with E-state index in [9.17, 15) is 9.18 Å². The molecule has 150 valence electrons. The van der Waals surface area contributed by atoms with Gasteiger partial charge >= 0.3 is 0 Å². The number of halogens is 1. The van der Waals surface area contributed by atoms with E-state index in [1.807, 2.05) is 13.0 Å². The van der Waals surface area contributed by atoms with Crippen molar-refractivity contribution >= 4 is 29.0 Å². The molecular formula is C22H22FN3O2S. The van der Waals surface area contributed by atoms with Gasteiger partial charge in [-0.15, -0.1) is 0 Å². The fourth-order valence-electron chi connectivity index (χ4n) is 3.35. The van der Waals surface area contributed by atoms with Crippen molar-refractivity contribution in [2.75, 3.05) is 29.1 Å². The number of rotatable bonds is 6. The SMILES string of the molecule is Cc1cc(N2CCCC2)ccc1NC(=O)CSc1ncc(-c2ccc(F)cc2)o1. The number of benzene rings is 2. The van der Waals surface area contributed by atoms with E-state index in [0.29, 0.717) is 11.0 Å². The molecule has 0 radical (unpaired) electrons. The molecule has 2 heterocycles. The minimum absolute atomic E-state index is 0.117. The van der Waals surface area contributed by atoms with Gasteiger partial charge in [-0.3, -0.25) is 4.79 Å². The third-order valence-electron chi connectivity index (χ3n) is 4.90. The van der Waals surface area contributed by atoms with E-state index in [1.54, 1.807) is 18.3 Å².